The van der Waals surface area contributed by atoms with Gasteiger partial charge in [-0.15, -0.1) is 0 Å². The molecule has 0 bridgehead atoms. The van der Waals surface area contributed by atoms with Crippen LogP contribution in [-0.2, 0) is 4.79 Å². The highest BCUT2D eigenvalue weighted by Gasteiger charge is 2.08. The van der Waals surface area contributed by atoms with Crippen molar-refractivity contribution in [3.8, 4) is 0 Å². The van der Waals surface area contributed by atoms with E-state index in [9.17, 15) is 4.79 Å². The van der Waals surface area contributed by atoms with E-state index in [-0.39, 0.29) is 0 Å². The van der Waals surface area contributed by atoms with Gasteiger partial charge >= 0.3 is 6.41 Å². The molecule has 0 aromatic carbocycles. The molecule has 0 aromatic heterocycles. The molecule has 0 saturated carbocycles. The van der Waals surface area contributed by atoms with Gasteiger partial charge in [0.05, 0.1) is 0 Å². The van der Waals surface area contributed by atoms with Crippen molar-refractivity contribution in [2.75, 3.05) is 6.54 Å². The Bertz CT molecular complexity index is 105. The smallest absolute Gasteiger partial charge is 0.309 e. The molecule has 0 atom stereocenters. The van der Waals surface area contributed by atoms with E-state index in [1.807, 2.05) is 0 Å². The van der Waals surface area contributed by atoms with E-state index in [0.29, 0.717) is 5.41 Å². The van der Waals surface area contributed by atoms with E-state index in [0.717, 1.165) is 13.0 Å². The van der Waals surface area contributed by atoms with Crippen molar-refractivity contribution in [2.24, 2.45) is 5.41 Å². The van der Waals surface area contributed by atoms with Crippen LogP contribution in [0, 0.1) is 5.41 Å². The second-order valence-corrected chi connectivity index (χ2v) is 4.05. The molecule has 0 fully saturated rings. The summed E-state index contributed by atoms with van der Waals surface area (Å²) in [5.41, 5.74) is 0.422. The molecule has 0 aliphatic carbocycles. The molecule has 65 valence electrons. The Morgan fingerprint density at radius 3 is 2.36 bits per heavy atom. The molecule has 2 nitrogen and oxygen atoms in total. The fourth-order valence-corrected chi connectivity index (χ4v) is 0.920. The summed E-state index contributed by atoms with van der Waals surface area (Å²) in [7, 11) is 0. The van der Waals surface area contributed by atoms with Crippen LogP contribution in [0.2, 0.25) is 0 Å². The van der Waals surface area contributed by atoms with Gasteiger partial charge in [-0.2, -0.15) is 0 Å². The highest BCUT2D eigenvalue weighted by Crippen LogP contribution is 2.20. The van der Waals surface area contributed by atoms with Crippen molar-refractivity contribution in [3.05, 3.63) is 0 Å². The SMILES string of the molecule is CC(C)(C)CCCCN[C]=O. The third-order valence-electron chi connectivity index (χ3n) is 1.55. The molecule has 0 aromatic rings. The first-order valence-corrected chi connectivity index (χ1v) is 4.16. The van der Waals surface area contributed by atoms with Gasteiger partial charge in [-0.05, 0) is 18.3 Å². The summed E-state index contributed by atoms with van der Waals surface area (Å²) in [4.78, 5) is 9.73. The topological polar surface area (TPSA) is 29.1 Å². The summed E-state index contributed by atoms with van der Waals surface area (Å²) in [6.45, 7) is 7.45. The summed E-state index contributed by atoms with van der Waals surface area (Å²) in [5, 5.41) is 2.53. The van der Waals surface area contributed by atoms with E-state index < -0.39 is 0 Å². The molecule has 11 heavy (non-hydrogen) atoms. The van der Waals surface area contributed by atoms with Gasteiger partial charge in [0.1, 0.15) is 0 Å². The number of amides is 1. The van der Waals surface area contributed by atoms with E-state index in [1.165, 1.54) is 12.8 Å². The fourth-order valence-electron chi connectivity index (χ4n) is 0.920. The number of hydrogen-bond acceptors (Lipinski definition) is 1. The van der Waals surface area contributed by atoms with Gasteiger partial charge in [-0.25, -0.2) is 0 Å². The van der Waals surface area contributed by atoms with Crippen molar-refractivity contribution in [1.82, 2.24) is 5.32 Å². The molecule has 0 rings (SSSR count). The molecule has 1 radical (unpaired) electrons. The van der Waals surface area contributed by atoms with Gasteiger partial charge in [0.2, 0.25) is 0 Å². The van der Waals surface area contributed by atoms with E-state index in [2.05, 4.69) is 26.1 Å². The standard InChI is InChI=1S/C9H18NO/c1-9(2,3)6-4-5-7-10-8-11/h4-7H2,1-3H3,(H,10,11). The van der Waals surface area contributed by atoms with E-state index in [1.54, 1.807) is 6.41 Å². The molecular formula is C9H18NO. The molecule has 0 spiro atoms. The molecular weight excluding hydrogens is 138 g/mol. The normalized spacial score (nSPS) is 11.2. The monoisotopic (exact) mass is 156 g/mol. The highest BCUT2D eigenvalue weighted by molar-refractivity contribution is 5.46. The minimum Gasteiger partial charge on any atom is -0.348 e. The van der Waals surface area contributed by atoms with Crippen molar-refractivity contribution in [2.45, 2.75) is 40.0 Å². The van der Waals surface area contributed by atoms with Crippen LogP contribution < -0.4 is 5.32 Å². The molecule has 0 aliphatic rings. The van der Waals surface area contributed by atoms with Crippen LogP contribution in [0.5, 0.6) is 0 Å². The van der Waals surface area contributed by atoms with Gasteiger partial charge in [-0.1, -0.05) is 27.2 Å². The van der Waals surface area contributed by atoms with Gasteiger partial charge in [-0.3, -0.25) is 4.79 Å². The van der Waals surface area contributed by atoms with Crippen LogP contribution in [0.1, 0.15) is 40.0 Å². The Morgan fingerprint density at radius 1 is 1.27 bits per heavy atom. The first-order valence-electron chi connectivity index (χ1n) is 4.16. The average Bonchev–Trinajstić information content (AvgIpc) is 1.85. The zero-order valence-corrected chi connectivity index (χ0v) is 7.74. The second kappa shape index (κ2) is 5.16. The van der Waals surface area contributed by atoms with Gasteiger partial charge in [0, 0.05) is 6.54 Å². The van der Waals surface area contributed by atoms with Gasteiger partial charge < -0.3 is 5.32 Å². The fraction of sp³-hybridized carbons (Fsp3) is 0.889. The number of rotatable bonds is 5. The zero-order valence-electron chi connectivity index (χ0n) is 7.74. The summed E-state index contributed by atoms with van der Waals surface area (Å²) in [6.07, 6.45) is 5.12. The molecule has 2 heteroatoms. The highest BCUT2D eigenvalue weighted by atomic mass is 16.1. The molecule has 0 saturated heterocycles. The quantitative estimate of drug-likeness (QED) is 0.477. The van der Waals surface area contributed by atoms with E-state index in [4.69, 9.17) is 0 Å². The van der Waals surface area contributed by atoms with E-state index >= 15 is 0 Å². The summed E-state index contributed by atoms with van der Waals surface area (Å²) in [6, 6.07) is 0. The molecule has 1 amide bonds. The average molecular weight is 156 g/mol. The van der Waals surface area contributed by atoms with Crippen LogP contribution in [-0.4, -0.2) is 13.0 Å². The zero-order chi connectivity index (χ0) is 8.74. The molecule has 1 N–H and O–H groups in total. The first kappa shape index (κ1) is 10.5. The lowest BCUT2D eigenvalue weighted by molar-refractivity contribution is 0.360. The van der Waals surface area contributed by atoms with Crippen molar-refractivity contribution in [3.63, 3.8) is 0 Å². The Balaban J connectivity index is 3.08. The first-order chi connectivity index (χ1) is 5.06. The lowest BCUT2D eigenvalue weighted by atomic mass is 9.90. The number of nitrogens with one attached hydrogen (secondary N) is 1. The van der Waals surface area contributed by atoms with Gasteiger partial charge in [0.15, 0.2) is 0 Å². The largest absolute Gasteiger partial charge is 0.348 e. The van der Waals surface area contributed by atoms with Gasteiger partial charge in [0.25, 0.3) is 0 Å². The predicted molar refractivity (Wildman–Crippen MR) is 47.0 cm³/mol. The third kappa shape index (κ3) is 9.47. The maximum Gasteiger partial charge on any atom is 0.309 e. The molecule has 0 aliphatic heterocycles. The van der Waals surface area contributed by atoms with Crippen LogP contribution in [0.15, 0.2) is 0 Å². The Labute approximate surface area is 69.4 Å². The summed E-state index contributed by atoms with van der Waals surface area (Å²) >= 11 is 0. The maximum atomic E-state index is 9.73. The minimum atomic E-state index is 0.422. The second-order valence-electron chi connectivity index (χ2n) is 4.05. The minimum absolute atomic E-state index is 0.422. The Morgan fingerprint density at radius 2 is 1.91 bits per heavy atom. The summed E-state index contributed by atoms with van der Waals surface area (Å²) in [5.74, 6) is 0. The van der Waals surface area contributed by atoms with Crippen LogP contribution in [0.3, 0.4) is 0 Å². The maximum absolute atomic E-state index is 9.73. The number of unbranched alkanes of at least 4 members (excludes halogenated alkanes) is 1. The van der Waals surface area contributed by atoms with Crippen molar-refractivity contribution >= 4 is 6.41 Å². The van der Waals surface area contributed by atoms with Crippen LogP contribution >= 0.6 is 0 Å². The van der Waals surface area contributed by atoms with Crippen molar-refractivity contribution < 1.29 is 4.79 Å². The molecule has 0 heterocycles. The van der Waals surface area contributed by atoms with Crippen LogP contribution in [0.4, 0.5) is 0 Å². The Kier molecular flexibility index (Phi) is 4.92. The lowest BCUT2D eigenvalue weighted by Gasteiger charge is -2.17. The lowest BCUT2D eigenvalue weighted by Crippen LogP contribution is -2.13. The predicted octanol–water partition coefficient (Wildman–Crippen LogP) is 1.86. The van der Waals surface area contributed by atoms with Crippen molar-refractivity contribution in [1.29, 1.82) is 0 Å². The third-order valence-corrected chi connectivity index (χ3v) is 1.55. The Hall–Kier alpha value is -0.530. The number of hydrogen-bond donors (Lipinski definition) is 1. The molecule has 0 unspecified atom stereocenters. The summed E-state index contributed by atoms with van der Waals surface area (Å²) < 4.78 is 0. The number of carbonyl (C=O) groups excluding carboxylic acids is 1. The van der Waals surface area contributed by atoms with Crippen LogP contribution in [0.25, 0.3) is 0 Å².